The molecule has 0 atom stereocenters. The van der Waals surface area contributed by atoms with E-state index < -0.39 is 10.0 Å². The molecule has 0 saturated carbocycles. The van der Waals surface area contributed by atoms with Crippen molar-refractivity contribution in [2.45, 2.75) is 12.8 Å². The van der Waals surface area contributed by atoms with Crippen molar-refractivity contribution in [3.8, 4) is 10.7 Å². The van der Waals surface area contributed by atoms with E-state index in [1.807, 2.05) is 29.6 Å². The van der Waals surface area contributed by atoms with Gasteiger partial charge in [-0.25, -0.2) is 22.7 Å². The van der Waals surface area contributed by atoms with Gasteiger partial charge in [-0.15, -0.1) is 22.7 Å². The molecule has 0 bridgehead atoms. The van der Waals surface area contributed by atoms with E-state index in [4.69, 9.17) is 0 Å². The normalized spacial score (nSPS) is 16.6. The quantitative estimate of drug-likeness (QED) is 0.698. The summed E-state index contributed by atoms with van der Waals surface area (Å²) in [5.41, 5.74) is 1.69. The van der Waals surface area contributed by atoms with E-state index >= 15 is 0 Å². The lowest BCUT2D eigenvalue weighted by Crippen LogP contribution is -2.40. The fraction of sp³-hybridized carbons (Fsp3) is 0.353. The van der Waals surface area contributed by atoms with Gasteiger partial charge in [0.2, 0.25) is 15.9 Å². The number of hydrogen-bond donors (Lipinski definition) is 1. The van der Waals surface area contributed by atoms with Crippen molar-refractivity contribution in [3.63, 3.8) is 0 Å². The van der Waals surface area contributed by atoms with Crippen LogP contribution in [0.3, 0.4) is 0 Å². The van der Waals surface area contributed by atoms with Crippen molar-refractivity contribution in [1.82, 2.24) is 14.3 Å². The lowest BCUT2D eigenvalue weighted by atomic mass is 9.97. The maximum atomic E-state index is 12.5. The molecule has 1 saturated heterocycles. The molecule has 0 radical (unpaired) electrons. The molecule has 1 fully saturated rings. The Balaban J connectivity index is 1.41. The monoisotopic (exact) mass is 422 g/mol. The molecule has 0 aliphatic carbocycles. The average Bonchev–Trinajstić information content (AvgIpc) is 3.27. The van der Waals surface area contributed by atoms with Gasteiger partial charge >= 0.3 is 0 Å². The molecule has 1 N–H and O–H groups in total. The SMILES string of the molecule is CS(=O)(=O)N1CCC(C(=O)Nc2nc(-c3nc4ccccc4s3)cs2)CC1. The summed E-state index contributed by atoms with van der Waals surface area (Å²) in [7, 11) is -3.19. The number of aromatic nitrogens is 2. The van der Waals surface area contributed by atoms with Crippen LogP contribution in [0.5, 0.6) is 0 Å². The summed E-state index contributed by atoms with van der Waals surface area (Å²) in [5, 5.41) is 6.12. The minimum atomic E-state index is -3.19. The van der Waals surface area contributed by atoms with E-state index in [9.17, 15) is 13.2 Å². The third kappa shape index (κ3) is 4.03. The maximum absolute atomic E-state index is 12.5. The van der Waals surface area contributed by atoms with Crippen molar-refractivity contribution < 1.29 is 13.2 Å². The Kier molecular flexibility index (Phi) is 4.97. The van der Waals surface area contributed by atoms with Gasteiger partial charge in [-0.1, -0.05) is 12.1 Å². The Morgan fingerprint density at radius 2 is 1.96 bits per heavy atom. The number of carbonyl (C=O) groups is 1. The summed E-state index contributed by atoms with van der Waals surface area (Å²) >= 11 is 2.94. The molecule has 0 spiro atoms. The number of carbonyl (C=O) groups excluding carboxylic acids is 1. The first-order valence-corrected chi connectivity index (χ1v) is 12.0. The topological polar surface area (TPSA) is 92.3 Å². The first-order chi connectivity index (χ1) is 12.9. The molecule has 27 heavy (non-hydrogen) atoms. The molecule has 1 aromatic carbocycles. The number of amides is 1. The molecule has 1 aliphatic heterocycles. The number of piperidine rings is 1. The van der Waals surface area contributed by atoms with E-state index in [0.29, 0.717) is 31.1 Å². The summed E-state index contributed by atoms with van der Waals surface area (Å²) in [6.07, 6.45) is 2.25. The van der Waals surface area contributed by atoms with E-state index in [1.165, 1.54) is 21.9 Å². The molecular formula is C17H18N4O3S3. The molecule has 3 heterocycles. The lowest BCUT2D eigenvalue weighted by molar-refractivity contribution is -0.120. The highest BCUT2D eigenvalue weighted by molar-refractivity contribution is 7.88. The first kappa shape index (κ1) is 18.5. The van der Waals surface area contributed by atoms with Crippen LogP contribution in [-0.4, -0.2) is 47.9 Å². The Morgan fingerprint density at radius 3 is 2.67 bits per heavy atom. The minimum absolute atomic E-state index is 0.103. The zero-order valence-corrected chi connectivity index (χ0v) is 17.0. The number of sulfonamides is 1. The van der Waals surface area contributed by atoms with Gasteiger partial charge < -0.3 is 5.32 Å². The van der Waals surface area contributed by atoms with Gasteiger partial charge in [0, 0.05) is 24.4 Å². The number of para-hydroxylation sites is 1. The van der Waals surface area contributed by atoms with Gasteiger partial charge in [0.1, 0.15) is 10.7 Å². The second-order valence-electron chi connectivity index (χ2n) is 6.45. The van der Waals surface area contributed by atoms with Crippen molar-refractivity contribution >= 4 is 54.0 Å². The Morgan fingerprint density at radius 1 is 1.22 bits per heavy atom. The Hall–Kier alpha value is -1.88. The van der Waals surface area contributed by atoms with Crippen LogP contribution in [0, 0.1) is 5.92 Å². The molecular weight excluding hydrogens is 404 g/mol. The molecule has 7 nitrogen and oxygen atoms in total. The van der Waals surface area contributed by atoms with Crippen LogP contribution in [0.1, 0.15) is 12.8 Å². The Labute approximate surface area is 165 Å². The van der Waals surface area contributed by atoms with Crippen LogP contribution in [0.15, 0.2) is 29.6 Å². The van der Waals surface area contributed by atoms with E-state index in [0.717, 1.165) is 20.9 Å². The van der Waals surface area contributed by atoms with Crippen LogP contribution in [0.25, 0.3) is 20.9 Å². The fourth-order valence-electron chi connectivity index (χ4n) is 3.07. The van der Waals surface area contributed by atoms with Crippen molar-refractivity contribution in [3.05, 3.63) is 29.6 Å². The van der Waals surface area contributed by atoms with Crippen LogP contribution >= 0.6 is 22.7 Å². The number of thiazole rings is 2. The van der Waals surface area contributed by atoms with E-state index in [2.05, 4.69) is 15.3 Å². The van der Waals surface area contributed by atoms with Gasteiger partial charge in [-0.05, 0) is 25.0 Å². The smallest absolute Gasteiger partial charge is 0.229 e. The molecule has 1 amide bonds. The Bertz CT molecular complexity index is 1050. The predicted molar refractivity (Wildman–Crippen MR) is 108 cm³/mol. The predicted octanol–water partition coefficient (Wildman–Crippen LogP) is 3.03. The van der Waals surface area contributed by atoms with Gasteiger partial charge in [0.25, 0.3) is 0 Å². The van der Waals surface area contributed by atoms with Gasteiger partial charge in [-0.2, -0.15) is 0 Å². The average molecular weight is 423 g/mol. The highest BCUT2D eigenvalue weighted by Crippen LogP contribution is 2.32. The summed E-state index contributed by atoms with van der Waals surface area (Å²) < 4.78 is 25.7. The highest BCUT2D eigenvalue weighted by atomic mass is 32.2. The minimum Gasteiger partial charge on any atom is -0.302 e. The van der Waals surface area contributed by atoms with E-state index in [1.54, 1.807) is 11.3 Å². The lowest BCUT2D eigenvalue weighted by Gasteiger charge is -2.29. The largest absolute Gasteiger partial charge is 0.302 e. The third-order valence-corrected chi connectivity index (χ3v) is 7.66. The van der Waals surface area contributed by atoms with E-state index in [-0.39, 0.29) is 11.8 Å². The zero-order chi connectivity index (χ0) is 19.0. The third-order valence-electron chi connectivity index (χ3n) is 4.54. The van der Waals surface area contributed by atoms with Crippen LogP contribution < -0.4 is 5.32 Å². The van der Waals surface area contributed by atoms with Crippen molar-refractivity contribution in [1.29, 1.82) is 0 Å². The number of benzene rings is 1. The van der Waals surface area contributed by atoms with Gasteiger partial charge in [0.15, 0.2) is 5.13 Å². The molecule has 1 aliphatic rings. The van der Waals surface area contributed by atoms with Crippen molar-refractivity contribution in [2.24, 2.45) is 5.92 Å². The number of nitrogens with zero attached hydrogens (tertiary/aromatic N) is 3. The van der Waals surface area contributed by atoms with Gasteiger partial charge in [0.05, 0.1) is 16.5 Å². The van der Waals surface area contributed by atoms with Crippen LogP contribution in [-0.2, 0) is 14.8 Å². The second-order valence-corrected chi connectivity index (χ2v) is 10.3. The summed E-state index contributed by atoms with van der Waals surface area (Å²) in [4.78, 5) is 21.6. The van der Waals surface area contributed by atoms with Gasteiger partial charge in [-0.3, -0.25) is 4.79 Å². The summed E-state index contributed by atoms with van der Waals surface area (Å²) in [5.74, 6) is -0.300. The van der Waals surface area contributed by atoms with Crippen molar-refractivity contribution in [2.75, 3.05) is 24.7 Å². The fourth-order valence-corrected chi connectivity index (χ4v) is 5.64. The number of rotatable bonds is 4. The molecule has 3 aromatic rings. The summed E-state index contributed by atoms with van der Waals surface area (Å²) in [6, 6.07) is 7.92. The molecule has 0 unspecified atom stereocenters. The molecule has 142 valence electrons. The van der Waals surface area contributed by atoms with Crippen LogP contribution in [0.4, 0.5) is 5.13 Å². The molecule has 4 rings (SSSR count). The molecule has 10 heteroatoms. The molecule has 2 aromatic heterocycles. The zero-order valence-electron chi connectivity index (χ0n) is 14.6. The first-order valence-electron chi connectivity index (χ1n) is 8.47. The number of fused-ring (bicyclic) bond motifs is 1. The second kappa shape index (κ2) is 7.27. The standard InChI is InChI=1S/C17H18N4O3S3/c1-27(23,24)21-8-6-11(7-9-21)15(22)20-17-19-13(10-25-17)16-18-12-4-2-3-5-14(12)26-16/h2-5,10-11H,6-9H2,1H3,(H,19,20,22). The highest BCUT2D eigenvalue weighted by Gasteiger charge is 2.29. The number of anilines is 1. The number of hydrogen-bond acceptors (Lipinski definition) is 7. The summed E-state index contributed by atoms with van der Waals surface area (Å²) in [6.45, 7) is 0.761. The number of nitrogens with one attached hydrogen (secondary N) is 1. The maximum Gasteiger partial charge on any atom is 0.229 e. The van der Waals surface area contributed by atoms with Crippen LogP contribution in [0.2, 0.25) is 0 Å².